The molecule has 4 aromatic carbocycles. The van der Waals surface area contributed by atoms with Crippen LogP contribution >= 0.6 is 0 Å². The Morgan fingerprint density at radius 1 is 0.412 bits per heavy atom. The molecule has 0 amide bonds. The first kappa shape index (κ1) is 11.3. The Kier molecular flexibility index (Phi) is 2.74. The summed E-state index contributed by atoms with van der Waals surface area (Å²) < 4.78 is 0. The standard InChI is InChI=1S/C16H10.Ar/c1-3-11-7-9-13-5-2-6-14-10-8-12(4-1)15(11)16(13)14;/h1-10H;. The van der Waals surface area contributed by atoms with Crippen LogP contribution in [-0.4, -0.2) is 0 Å². The maximum absolute atomic E-state index is 2.21. The normalized spacial score (nSPS) is 11.1. The van der Waals surface area contributed by atoms with Gasteiger partial charge in [-0.1, -0.05) is 60.7 Å². The second-order valence-electron chi connectivity index (χ2n) is 4.29. The van der Waals surface area contributed by atoms with Crippen LogP contribution in [-0.2, 0) is 0 Å². The molecule has 0 fully saturated rings. The minimum Gasteiger partial charge on any atom is -0.0610 e. The summed E-state index contributed by atoms with van der Waals surface area (Å²) in [5, 5.41) is 8.14. The smallest absolute Gasteiger partial charge is 0 e. The van der Waals surface area contributed by atoms with Crippen molar-refractivity contribution in [1.82, 2.24) is 0 Å². The Morgan fingerprint density at radius 2 is 0.706 bits per heavy atom. The van der Waals surface area contributed by atoms with Gasteiger partial charge in [0.2, 0.25) is 0 Å². The third-order valence-corrected chi connectivity index (χ3v) is 3.39. The number of hydrogen-bond donors (Lipinski definition) is 0. The summed E-state index contributed by atoms with van der Waals surface area (Å²) in [6.45, 7) is 0. The van der Waals surface area contributed by atoms with Gasteiger partial charge in [0.25, 0.3) is 0 Å². The molecule has 17 heavy (non-hydrogen) atoms. The molecule has 0 bridgehead atoms. The van der Waals surface area contributed by atoms with Crippen LogP contribution < -0.4 is 0 Å². The summed E-state index contributed by atoms with van der Waals surface area (Å²) in [6, 6.07) is 21.9. The first-order valence-corrected chi connectivity index (χ1v) is 5.56. The molecule has 0 saturated heterocycles. The van der Waals surface area contributed by atoms with Crippen LogP contribution in [0.1, 0.15) is 0 Å². The van der Waals surface area contributed by atoms with E-state index in [0.717, 1.165) is 0 Å². The van der Waals surface area contributed by atoms with E-state index >= 15 is 0 Å². The first-order valence-electron chi connectivity index (χ1n) is 5.56. The molecule has 1 heteroatoms. The molecule has 0 unspecified atom stereocenters. The molecule has 82 valence electrons. The average Bonchev–Trinajstić information content (AvgIpc) is 2.36. The van der Waals surface area contributed by atoms with Gasteiger partial charge < -0.3 is 0 Å². The number of rotatable bonds is 0. The van der Waals surface area contributed by atoms with E-state index in [4.69, 9.17) is 0 Å². The van der Waals surface area contributed by atoms with Gasteiger partial charge in [-0.25, -0.2) is 0 Å². The van der Waals surface area contributed by atoms with E-state index in [0.29, 0.717) is 0 Å². The van der Waals surface area contributed by atoms with Crippen LogP contribution in [0.3, 0.4) is 0 Å². The van der Waals surface area contributed by atoms with E-state index in [1.807, 2.05) is 0 Å². The largest absolute Gasteiger partial charge is 0.0610 e. The zero-order valence-corrected chi connectivity index (χ0v) is 9.83. The topological polar surface area (TPSA) is 0 Å². The van der Waals surface area contributed by atoms with E-state index in [2.05, 4.69) is 60.7 Å². The Morgan fingerprint density at radius 3 is 1.00 bits per heavy atom. The number of benzene rings is 4. The summed E-state index contributed by atoms with van der Waals surface area (Å²) in [4.78, 5) is 0. The van der Waals surface area contributed by atoms with Gasteiger partial charge in [0, 0.05) is 37.7 Å². The summed E-state index contributed by atoms with van der Waals surface area (Å²) in [6.07, 6.45) is 0. The molecule has 0 nitrogen and oxygen atoms in total. The van der Waals surface area contributed by atoms with Gasteiger partial charge in [0.1, 0.15) is 0 Å². The van der Waals surface area contributed by atoms with Crippen molar-refractivity contribution >= 4 is 32.3 Å². The minimum absolute atomic E-state index is 0. The summed E-state index contributed by atoms with van der Waals surface area (Å²) in [5.41, 5.74) is 0. The van der Waals surface area contributed by atoms with Gasteiger partial charge in [-0.05, 0) is 32.3 Å². The van der Waals surface area contributed by atoms with Crippen LogP contribution in [0.4, 0.5) is 0 Å². The number of hydrogen-bond acceptors (Lipinski definition) is 0. The quantitative estimate of drug-likeness (QED) is 0.396. The third kappa shape index (κ3) is 1.55. The van der Waals surface area contributed by atoms with Crippen molar-refractivity contribution in [3.8, 4) is 0 Å². The summed E-state index contributed by atoms with van der Waals surface area (Å²) in [7, 11) is 0. The van der Waals surface area contributed by atoms with Crippen molar-refractivity contribution < 1.29 is 37.7 Å². The maximum atomic E-state index is 2.21. The van der Waals surface area contributed by atoms with Gasteiger partial charge in [0.05, 0.1) is 0 Å². The zero-order valence-electron chi connectivity index (χ0n) is 9.13. The summed E-state index contributed by atoms with van der Waals surface area (Å²) in [5.74, 6) is 0. The van der Waals surface area contributed by atoms with Crippen molar-refractivity contribution in [2.45, 2.75) is 0 Å². The maximum Gasteiger partial charge on any atom is 0 e. The SMILES string of the molecule is [Ar].c1cc2ccc3cccc4ccc(c1)c2c34. The Bertz CT molecular complexity index is 672. The van der Waals surface area contributed by atoms with Gasteiger partial charge in [0.15, 0.2) is 0 Å². The molecule has 0 aliphatic heterocycles. The predicted octanol–water partition coefficient (Wildman–Crippen LogP) is 4.58. The van der Waals surface area contributed by atoms with E-state index in [-0.39, 0.29) is 37.7 Å². The van der Waals surface area contributed by atoms with E-state index in [1.165, 1.54) is 32.3 Å². The fourth-order valence-corrected chi connectivity index (χ4v) is 2.67. The fraction of sp³-hybridized carbons (Fsp3) is 0. The Hall–Kier alpha value is -0.820. The van der Waals surface area contributed by atoms with Crippen molar-refractivity contribution in [3.63, 3.8) is 0 Å². The molecule has 0 radical (unpaired) electrons. The Labute approximate surface area is 130 Å². The molecular formula is C16H10Ar. The second-order valence-corrected chi connectivity index (χ2v) is 4.29. The Balaban J connectivity index is 0.000000902. The van der Waals surface area contributed by atoms with Crippen molar-refractivity contribution in [1.29, 1.82) is 0 Å². The van der Waals surface area contributed by atoms with Gasteiger partial charge >= 0.3 is 0 Å². The van der Waals surface area contributed by atoms with Crippen molar-refractivity contribution in [2.24, 2.45) is 0 Å². The second kappa shape index (κ2) is 4.13. The van der Waals surface area contributed by atoms with E-state index < -0.39 is 0 Å². The molecule has 4 aromatic rings. The van der Waals surface area contributed by atoms with Crippen LogP contribution in [0, 0.1) is 37.7 Å². The molecule has 0 saturated carbocycles. The molecule has 4 rings (SSSR count). The zero-order chi connectivity index (χ0) is 10.5. The molecule has 0 aliphatic carbocycles. The predicted molar refractivity (Wildman–Crippen MR) is 70.1 cm³/mol. The molecular weight excluding hydrogens is 232 g/mol. The molecule has 0 heterocycles. The van der Waals surface area contributed by atoms with Crippen LogP contribution in [0.25, 0.3) is 32.3 Å². The van der Waals surface area contributed by atoms with Crippen LogP contribution in [0.2, 0.25) is 0 Å². The first-order chi connectivity index (χ1) is 7.93. The molecule has 0 spiro atoms. The average molecular weight is 242 g/mol. The van der Waals surface area contributed by atoms with E-state index in [9.17, 15) is 0 Å². The van der Waals surface area contributed by atoms with Crippen LogP contribution in [0.5, 0.6) is 0 Å². The van der Waals surface area contributed by atoms with Gasteiger partial charge in [-0.2, -0.15) is 0 Å². The third-order valence-electron chi connectivity index (χ3n) is 3.39. The molecule has 0 aliphatic rings. The van der Waals surface area contributed by atoms with E-state index in [1.54, 1.807) is 0 Å². The van der Waals surface area contributed by atoms with Crippen molar-refractivity contribution in [3.05, 3.63) is 60.7 Å². The molecule has 0 N–H and O–H groups in total. The molecule has 0 atom stereocenters. The van der Waals surface area contributed by atoms with Crippen molar-refractivity contribution in [2.75, 3.05) is 0 Å². The van der Waals surface area contributed by atoms with Gasteiger partial charge in [-0.3, -0.25) is 0 Å². The van der Waals surface area contributed by atoms with Crippen LogP contribution in [0.15, 0.2) is 60.7 Å². The monoisotopic (exact) mass is 242 g/mol. The fourth-order valence-electron chi connectivity index (χ4n) is 2.67. The van der Waals surface area contributed by atoms with Gasteiger partial charge in [-0.15, -0.1) is 0 Å². The molecule has 0 aromatic heterocycles. The summed E-state index contributed by atoms with van der Waals surface area (Å²) >= 11 is 0. The minimum atomic E-state index is 0.